The van der Waals surface area contributed by atoms with Crippen LogP contribution in [0.25, 0.3) is 10.8 Å². The number of fused-ring (bicyclic) bond motifs is 1. The van der Waals surface area contributed by atoms with E-state index >= 15 is 0 Å². The molecule has 19 heavy (non-hydrogen) atoms. The van der Waals surface area contributed by atoms with Crippen molar-refractivity contribution in [2.24, 2.45) is 0 Å². The highest BCUT2D eigenvalue weighted by Gasteiger charge is 2.13. The van der Waals surface area contributed by atoms with E-state index in [1.54, 1.807) is 7.11 Å². The zero-order valence-corrected chi connectivity index (χ0v) is 11.5. The van der Waals surface area contributed by atoms with E-state index in [4.69, 9.17) is 4.74 Å². The molecule has 0 saturated carbocycles. The number of ether oxygens (including phenoxy) is 1. The maximum Gasteiger partial charge on any atom is 0.159 e. The second-order valence-electron chi connectivity index (χ2n) is 4.64. The summed E-state index contributed by atoms with van der Waals surface area (Å²) < 4.78 is 4.93. The molecule has 1 aromatic carbocycles. The lowest BCUT2D eigenvalue weighted by Gasteiger charge is -2.22. The predicted molar refractivity (Wildman–Crippen MR) is 75.4 cm³/mol. The highest BCUT2D eigenvalue weighted by atomic mass is 16.5. The van der Waals surface area contributed by atoms with E-state index in [1.807, 2.05) is 43.1 Å². The van der Waals surface area contributed by atoms with Crippen molar-refractivity contribution in [2.45, 2.75) is 13.0 Å². The highest BCUT2D eigenvalue weighted by Crippen LogP contribution is 2.24. The van der Waals surface area contributed by atoms with Gasteiger partial charge in [-0.2, -0.15) is 5.10 Å². The summed E-state index contributed by atoms with van der Waals surface area (Å²) in [4.78, 5) is 1.90. The molecular weight excluding hydrogens is 242 g/mol. The first-order valence-electron chi connectivity index (χ1n) is 6.23. The largest absolute Gasteiger partial charge is 0.389 e. The molecule has 1 N–H and O–H groups in total. The van der Waals surface area contributed by atoms with Crippen LogP contribution in [-0.2, 0) is 4.74 Å². The molecule has 5 heteroatoms. The summed E-state index contributed by atoms with van der Waals surface area (Å²) >= 11 is 0. The summed E-state index contributed by atoms with van der Waals surface area (Å²) in [5.74, 6) is 0.774. The molecule has 0 spiro atoms. The van der Waals surface area contributed by atoms with Crippen molar-refractivity contribution >= 4 is 16.6 Å². The van der Waals surface area contributed by atoms with Crippen molar-refractivity contribution in [3.05, 3.63) is 30.0 Å². The average Bonchev–Trinajstić information content (AvgIpc) is 2.39. The van der Waals surface area contributed by atoms with Gasteiger partial charge in [0.25, 0.3) is 0 Å². The first-order chi connectivity index (χ1) is 9.13. The fraction of sp³-hybridized carbons (Fsp3) is 0.429. The Balaban J connectivity index is 2.32. The summed E-state index contributed by atoms with van der Waals surface area (Å²) in [5.41, 5.74) is 0.908. The van der Waals surface area contributed by atoms with Gasteiger partial charge in [-0.1, -0.05) is 24.3 Å². The minimum absolute atomic E-state index is 0.307. The number of methoxy groups -OCH3 is 1. The van der Waals surface area contributed by atoms with Gasteiger partial charge in [0.15, 0.2) is 5.82 Å². The molecule has 0 radical (unpaired) electrons. The first kappa shape index (κ1) is 13.7. The van der Waals surface area contributed by atoms with E-state index in [1.165, 1.54) is 0 Å². The number of nitrogens with zero attached hydrogens (tertiary/aromatic N) is 3. The van der Waals surface area contributed by atoms with Gasteiger partial charge in [-0.15, -0.1) is 5.10 Å². The SMILES string of the molecule is COCC(O)CN(C)c1nnc(C)c2ccccc12. The van der Waals surface area contributed by atoms with Crippen molar-refractivity contribution in [3.63, 3.8) is 0 Å². The number of aliphatic hydroxyl groups is 1. The molecule has 1 aromatic heterocycles. The van der Waals surface area contributed by atoms with Crippen LogP contribution in [0.5, 0.6) is 0 Å². The Morgan fingerprint density at radius 1 is 1.26 bits per heavy atom. The summed E-state index contributed by atoms with van der Waals surface area (Å²) in [5, 5.41) is 20.3. The number of aromatic nitrogens is 2. The Morgan fingerprint density at radius 3 is 2.63 bits per heavy atom. The maximum atomic E-state index is 9.79. The first-order valence-corrected chi connectivity index (χ1v) is 6.23. The number of benzene rings is 1. The van der Waals surface area contributed by atoms with Crippen molar-refractivity contribution in [1.29, 1.82) is 0 Å². The van der Waals surface area contributed by atoms with Crippen LogP contribution in [0.3, 0.4) is 0 Å². The van der Waals surface area contributed by atoms with Gasteiger partial charge in [0.05, 0.1) is 18.4 Å². The van der Waals surface area contributed by atoms with Crippen LogP contribution in [-0.4, -0.2) is 48.7 Å². The third-order valence-corrected chi connectivity index (χ3v) is 3.06. The summed E-state index contributed by atoms with van der Waals surface area (Å²) in [6, 6.07) is 8.01. The number of likely N-dealkylation sites (N-methyl/N-ethyl adjacent to an activating group) is 1. The van der Waals surface area contributed by atoms with Crippen LogP contribution < -0.4 is 4.90 Å². The van der Waals surface area contributed by atoms with Crippen LogP contribution in [0, 0.1) is 6.92 Å². The lowest BCUT2D eigenvalue weighted by atomic mass is 10.1. The van der Waals surface area contributed by atoms with E-state index < -0.39 is 6.10 Å². The molecule has 0 aliphatic heterocycles. The molecule has 0 saturated heterocycles. The van der Waals surface area contributed by atoms with E-state index in [-0.39, 0.29) is 0 Å². The molecule has 0 fully saturated rings. The molecule has 0 amide bonds. The second-order valence-corrected chi connectivity index (χ2v) is 4.64. The smallest absolute Gasteiger partial charge is 0.159 e. The number of rotatable bonds is 5. The Morgan fingerprint density at radius 2 is 1.95 bits per heavy atom. The predicted octanol–water partition coefficient (Wildman–Crippen LogP) is 1.38. The van der Waals surface area contributed by atoms with Gasteiger partial charge in [0, 0.05) is 31.5 Å². The quantitative estimate of drug-likeness (QED) is 0.881. The molecule has 5 nitrogen and oxygen atoms in total. The highest BCUT2D eigenvalue weighted by molar-refractivity contribution is 5.93. The van der Waals surface area contributed by atoms with Crippen LogP contribution >= 0.6 is 0 Å². The Labute approximate surface area is 112 Å². The summed E-state index contributed by atoms with van der Waals surface area (Å²) in [6.07, 6.45) is -0.545. The molecule has 1 atom stereocenters. The Bertz CT molecular complexity index is 559. The van der Waals surface area contributed by atoms with Gasteiger partial charge in [-0.3, -0.25) is 0 Å². The molecule has 1 heterocycles. The molecule has 1 unspecified atom stereocenters. The minimum atomic E-state index is -0.545. The number of aliphatic hydroxyl groups excluding tert-OH is 1. The van der Waals surface area contributed by atoms with Gasteiger partial charge in [0.2, 0.25) is 0 Å². The van der Waals surface area contributed by atoms with Gasteiger partial charge in [-0.05, 0) is 6.92 Å². The van der Waals surface area contributed by atoms with Crippen molar-refractivity contribution in [3.8, 4) is 0 Å². The molecular formula is C14H19N3O2. The van der Waals surface area contributed by atoms with Crippen LogP contribution in [0.4, 0.5) is 5.82 Å². The van der Waals surface area contributed by atoms with E-state index in [0.717, 1.165) is 22.3 Å². The normalized spacial score (nSPS) is 12.6. The van der Waals surface area contributed by atoms with E-state index in [9.17, 15) is 5.11 Å². The zero-order valence-electron chi connectivity index (χ0n) is 11.5. The van der Waals surface area contributed by atoms with Gasteiger partial charge >= 0.3 is 0 Å². The van der Waals surface area contributed by atoms with E-state index in [0.29, 0.717) is 13.2 Å². The fourth-order valence-corrected chi connectivity index (χ4v) is 2.15. The Kier molecular flexibility index (Phi) is 4.29. The number of aryl methyl sites for hydroxylation is 1. The molecule has 0 aliphatic carbocycles. The van der Waals surface area contributed by atoms with Gasteiger partial charge in [0.1, 0.15) is 0 Å². The van der Waals surface area contributed by atoms with Crippen molar-refractivity contribution < 1.29 is 9.84 Å². The minimum Gasteiger partial charge on any atom is -0.389 e. The molecule has 0 aliphatic rings. The second kappa shape index (κ2) is 5.95. The number of anilines is 1. The van der Waals surface area contributed by atoms with Crippen LogP contribution in [0.2, 0.25) is 0 Å². The van der Waals surface area contributed by atoms with Crippen molar-refractivity contribution in [2.75, 3.05) is 32.2 Å². The monoisotopic (exact) mass is 261 g/mol. The fourth-order valence-electron chi connectivity index (χ4n) is 2.15. The molecule has 2 aromatic rings. The van der Waals surface area contributed by atoms with Crippen molar-refractivity contribution in [1.82, 2.24) is 10.2 Å². The standard InChI is InChI=1S/C14H19N3O2/c1-10-12-6-4-5-7-13(12)14(16-15-10)17(2)8-11(18)9-19-3/h4-7,11,18H,8-9H2,1-3H3. The lowest BCUT2D eigenvalue weighted by molar-refractivity contribution is 0.0694. The van der Waals surface area contributed by atoms with E-state index in [2.05, 4.69) is 10.2 Å². The summed E-state index contributed by atoms with van der Waals surface area (Å²) in [7, 11) is 3.47. The number of hydrogen-bond donors (Lipinski definition) is 1. The van der Waals surface area contributed by atoms with Crippen LogP contribution in [0.15, 0.2) is 24.3 Å². The molecule has 102 valence electrons. The third-order valence-electron chi connectivity index (χ3n) is 3.06. The van der Waals surface area contributed by atoms with Crippen LogP contribution in [0.1, 0.15) is 5.69 Å². The Hall–Kier alpha value is -1.72. The average molecular weight is 261 g/mol. The maximum absolute atomic E-state index is 9.79. The zero-order chi connectivity index (χ0) is 13.8. The van der Waals surface area contributed by atoms with Gasteiger partial charge < -0.3 is 14.7 Å². The summed E-state index contributed by atoms with van der Waals surface area (Å²) in [6.45, 7) is 2.70. The third kappa shape index (κ3) is 3.00. The molecule has 0 bridgehead atoms. The van der Waals surface area contributed by atoms with Gasteiger partial charge in [-0.25, -0.2) is 0 Å². The topological polar surface area (TPSA) is 58.5 Å². The number of hydrogen-bond acceptors (Lipinski definition) is 5. The molecule has 2 rings (SSSR count). The lowest BCUT2D eigenvalue weighted by Crippen LogP contribution is -2.32.